The molecule has 22 heavy (non-hydrogen) atoms. The number of hydrogen-bond acceptors (Lipinski definition) is 3. The third kappa shape index (κ3) is 3.02. The third-order valence-electron chi connectivity index (χ3n) is 4.15. The number of halogens is 1. The van der Waals surface area contributed by atoms with Crippen molar-refractivity contribution < 1.29 is 9.53 Å². The largest absolute Gasteiger partial charge is 0.481 e. The predicted octanol–water partition coefficient (Wildman–Crippen LogP) is 3.67. The maximum absolute atomic E-state index is 12.3. The Labute approximate surface area is 135 Å². The van der Waals surface area contributed by atoms with Gasteiger partial charge in [0.2, 0.25) is 0 Å². The minimum Gasteiger partial charge on any atom is -0.481 e. The number of hydrogen-bond donors (Lipinski definition) is 0. The monoisotopic (exact) mass is 318 g/mol. The molecule has 1 atom stereocenters. The van der Waals surface area contributed by atoms with E-state index in [2.05, 4.69) is 11.9 Å². The van der Waals surface area contributed by atoms with Crippen molar-refractivity contribution in [1.82, 2.24) is 9.88 Å². The van der Waals surface area contributed by atoms with Crippen LogP contribution >= 0.6 is 11.6 Å². The van der Waals surface area contributed by atoms with Crippen molar-refractivity contribution in [1.29, 1.82) is 0 Å². The molecule has 0 spiro atoms. The molecule has 0 N–H and O–H groups in total. The zero-order valence-corrected chi connectivity index (χ0v) is 13.3. The molecule has 1 aliphatic rings. The first-order valence-electron chi connectivity index (χ1n) is 7.62. The molecule has 0 bridgehead atoms. The molecule has 2 aromatic rings. The van der Waals surface area contributed by atoms with E-state index in [1.165, 1.54) is 6.42 Å². The molecule has 1 aliphatic heterocycles. The van der Waals surface area contributed by atoms with Gasteiger partial charge in [-0.05, 0) is 50.5 Å². The molecule has 2 heterocycles. The summed E-state index contributed by atoms with van der Waals surface area (Å²) in [5, 5.41) is 1.46. The van der Waals surface area contributed by atoms with Gasteiger partial charge in [0.1, 0.15) is 11.3 Å². The smallest absolute Gasteiger partial charge is 0.260 e. The molecular formula is C17H19ClN2O2. The van der Waals surface area contributed by atoms with E-state index in [-0.39, 0.29) is 12.5 Å². The normalized spacial score (nSPS) is 18.5. The fraction of sp³-hybridized carbons (Fsp3) is 0.412. The van der Waals surface area contributed by atoms with Gasteiger partial charge in [0.05, 0.1) is 5.02 Å². The van der Waals surface area contributed by atoms with Crippen molar-refractivity contribution in [2.45, 2.75) is 32.2 Å². The fourth-order valence-electron chi connectivity index (χ4n) is 2.92. The van der Waals surface area contributed by atoms with Crippen LogP contribution in [0.15, 0.2) is 30.5 Å². The van der Waals surface area contributed by atoms with Crippen LogP contribution in [0.25, 0.3) is 10.9 Å². The van der Waals surface area contributed by atoms with Gasteiger partial charge in [0.15, 0.2) is 6.61 Å². The highest BCUT2D eigenvalue weighted by molar-refractivity contribution is 6.35. The van der Waals surface area contributed by atoms with Gasteiger partial charge in [-0.25, -0.2) is 0 Å². The van der Waals surface area contributed by atoms with Crippen molar-refractivity contribution >= 4 is 28.4 Å². The van der Waals surface area contributed by atoms with Gasteiger partial charge in [-0.15, -0.1) is 0 Å². The van der Waals surface area contributed by atoms with Crippen LogP contribution in [0.2, 0.25) is 5.02 Å². The topological polar surface area (TPSA) is 42.4 Å². The van der Waals surface area contributed by atoms with E-state index in [9.17, 15) is 4.79 Å². The SMILES string of the molecule is C[C@H]1CCCCN1C(=O)COc1ccc(Cl)c2cccnc12. The van der Waals surface area contributed by atoms with E-state index < -0.39 is 0 Å². The Morgan fingerprint density at radius 2 is 2.27 bits per heavy atom. The average molecular weight is 319 g/mol. The van der Waals surface area contributed by atoms with Crippen LogP contribution in [0.1, 0.15) is 26.2 Å². The molecule has 1 aromatic heterocycles. The molecule has 5 heteroatoms. The van der Waals surface area contributed by atoms with Gasteiger partial charge in [-0.1, -0.05) is 11.6 Å². The highest BCUT2D eigenvalue weighted by Crippen LogP contribution is 2.29. The van der Waals surface area contributed by atoms with E-state index in [1.54, 1.807) is 18.3 Å². The van der Waals surface area contributed by atoms with E-state index in [0.717, 1.165) is 24.8 Å². The Balaban J connectivity index is 1.74. The third-order valence-corrected chi connectivity index (χ3v) is 4.48. The van der Waals surface area contributed by atoms with E-state index >= 15 is 0 Å². The van der Waals surface area contributed by atoms with E-state index in [4.69, 9.17) is 16.3 Å². The minimum absolute atomic E-state index is 0.0335. The van der Waals surface area contributed by atoms with E-state index in [1.807, 2.05) is 17.0 Å². The van der Waals surface area contributed by atoms with Crippen molar-refractivity contribution in [3.05, 3.63) is 35.5 Å². The molecule has 1 fully saturated rings. The first kappa shape index (κ1) is 15.1. The summed E-state index contributed by atoms with van der Waals surface area (Å²) >= 11 is 6.16. The Bertz CT molecular complexity index is 689. The maximum Gasteiger partial charge on any atom is 0.260 e. The zero-order valence-electron chi connectivity index (χ0n) is 12.6. The Morgan fingerprint density at radius 3 is 3.09 bits per heavy atom. The number of ether oxygens (including phenoxy) is 1. The molecule has 0 unspecified atom stereocenters. The minimum atomic E-state index is 0.0335. The molecule has 1 aromatic carbocycles. The Hall–Kier alpha value is -1.81. The summed E-state index contributed by atoms with van der Waals surface area (Å²) in [5.74, 6) is 0.629. The van der Waals surface area contributed by atoms with Gasteiger partial charge in [0, 0.05) is 24.2 Å². The summed E-state index contributed by atoms with van der Waals surface area (Å²) in [6, 6.07) is 7.56. The van der Waals surface area contributed by atoms with Crippen molar-refractivity contribution in [2.24, 2.45) is 0 Å². The van der Waals surface area contributed by atoms with Crippen molar-refractivity contribution in [2.75, 3.05) is 13.2 Å². The van der Waals surface area contributed by atoms with Gasteiger partial charge >= 0.3 is 0 Å². The molecule has 0 aliphatic carbocycles. The van der Waals surface area contributed by atoms with Crippen LogP contribution in [0, 0.1) is 0 Å². The second kappa shape index (κ2) is 6.53. The second-order valence-corrected chi connectivity index (χ2v) is 6.07. The molecule has 1 saturated heterocycles. The quantitative estimate of drug-likeness (QED) is 0.867. The highest BCUT2D eigenvalue weighted by atomic mass is 35.5. The number of nitrogens with zero attached hydrogens (tertiary/aromatic N) is 2. The summed E-state index contributed by atoms with van der Waals surface area (Å²) in [6.45, 7) is 2.96. The number of rotatable bonds is 3. The van der Waals surface area contributed by atoms with E-state index in [0.29, 0.717) is 22.3 Å². The van der Waals surface area contributed by atoms with Crippen LogP contribution in [0.5, 0.6) is 5.75 Å². The standard InChI is InChI=1S/C17H19ClN2O2/c1-12-5-2-3-10-20(12)16(21)11-22-15-8-7-14(18)13-6-4-9-19-17(13)15/h4,6-9,12H,2-3,5,10-11H2,1H3/t12-/m0/s1. The van der Waals surface area contributed by atoms with Gasteiger partial charge < -0.3 is 9.64 Å². The van der Waals surface area contributed by atoms with Crippen LogP contribution in [0.4, 0.5) is 0 Å². The summed E-state index contributed by atoms with van der Waals surface area (Å²) in [7, 11) is 0. The number of carbonyl (C=O) groups is 1. The summed E-state index contributed by atoms with van der Waals surface area (Å²) < 4.78 is 5.73. The van der Waals surface area contributed by atoms with Crippen molar-refractivity contribution in [3.8, 4) is 5.75 Å². The lowest BCUT2D eigenvalue weighted by atomic mass is 10.0. The van der Waals surface area contributed by atoms with Crippen LogP contribution < -0.4 is 4.74 Å². The average Bonchev–Trinajstić information content (AvgIpc) is 2.55. The number of carbonyl (C=O) groups excluding carboxylic acids is 1. The lowest BCUT2D eigenvalue weighted by Gasteiger charge is -2.33. The number of aromatic nitrogens is 1. The van der Waals surface area contributed by atoms with Crippen LogP contribution in [0.3, 0.4) is 0 Å². The first-order chi connectivity index (χ1) is 10.7. The zero-order chi connectivity index (χ0) is 15.5. The van der Waals surface area contributed by atoms with Gasteiger partial charge in [0.25, 0.3) is 5.91 Å². The second-order valence-electron chi connectivity index (χ2n) is 5.67. The predicted molar refractivity (Wildman–Crippen MR) is 87.3 cm³/mol. The number of amides is 1. The molecule has 3 rings (SSSR count). The summed E-state index contributed by atoms with van der Waals surface area (Å²) in [4.78, 5) is 18.6. The van der Waals surface area contributed by atoms with Crippen molar-refractivity contribution in [3.63, 3.8) is 0 Å². The van der Waals surface area contributed by atoms with Gasteiger partial charge in [-0.2, -0.15) is 0 Å². The highest BCUT2D eigenvalue weighted by Gasteiger charge is 2.23. The first-order valence-corrected chi connectivity index (χ1v) is 8.00. The molecule has 116 valence electrons. The Kier molecular flexibility index (Phi) is 4.48. The Morgan fingerprint density at radius 1 is 1.41 bits per heavy atom. The number of fused-ring (bicyclic) bond motifs is 1. The molecular weight excluding hydrogens is 300 g/mol. The van der Waals surface area contributed by atoms with Crippen LogP contribution in [-0.4, -0.2) is 35.0 Å². The fourth-order valence-corrected chi connectivity index (χ4v) is 3.13. The lowest BCUT2D eigenvalue weighted by molar-refractivity contribution is -0.136. The summed E-state index contributed by atoms with van der Waals surface area (Å²) in [5.41, 5.74) is 0.689. The molecule has 4 nitrogen and oxygen atoms in total. The number of benzene rings is 1. The van der Waals surface area contributed by atoms with Gasteiger partial charge in [-0.3, -0.25) is 9.78 Å². The molecule has 1 amide bonds. The number of likely N-dealkylation sites (tertiary alicyclic amines) is 1. The molecule has 0 radical (unpaired) electrons. The maximum atomic E-state index is 12.3. The van der Waals surface area contributed by atoms with Crippen LogP contribution in [-0.2, 0) is 4.79 Å². The number of piperidine rings is 1. The molecule has 0 saturated carbocycles. The number of pyridine rings is 1. The lowest BCUT2D eigenvalue weighted by Crippen LogP contribution is -2.44. The summed E-state index contributed by atoms with van der Waals surface area (Å²) in [6.07, 6.45) is 5.02.